The minimum absolute atomic E-state index is 0.0120. The molecule has 2 atom stereocenters. The molecule has 226 valence electrons. The topological polar surface area (TPSA) is 72.7 Å². The normalized spacial score (nSPS) is 18.2. The molecule has 3 aromatic heterocycles. The summed E-state index contributed by atoms with van der Waals surface area (Å²) in [6.07, 6.45) is 4.24. The molecular weight excluding hydrogens is 577 g/mol. The van der Waals surface area contributed by atoms with Crippen molar-refractivity contribution in [3.05, 3.63) is 72.5 Å². The third-order valence-electron chi connectivity index (χ3n) is 8.95. The molecule has 0 saturated carbocycles. The fraction of sp³-hybridized carbons (Fsp3) is 0.324. The highest BCUT2D eigenvalue weighted by Gasteiger charge is 2.39. The monoisotopic (exact) mass is 611 g/mol. The number of anilines is 1. The Kier molecular flexibility index (Phi) is 7.55. The largest absolute Gasteiger partial charge is 0.490 e. The van der Waals surface area contributed by atoms with Crippen LogP contribution in [0.25, 0.3) is 43.4 Å². The fourth-order valence-corrected chi connectivity index (χ4v) is 7.69. The van der Waals surface area contributed by atoms with Crippen LogP contribution in [0.15, 0.2) is 66.7 Å². The minimum Gasteiger partial charge on any atom is -0.490 e. The van der Waals surface area contributed by atoms with Gasteiger partial charge in [-0.05, 0) is 60.0 Å². The second-order valence-electron chi connectivity index (χ2n) is 11.5. The number of nitrogens with zero attached hydrogens (tertiary/aromatic N) is 5. The number of aromatic nitrogens is 3. The lowest BCUT2D eigenvalue weighted by atomic mass is 9.88. The lowest BCUT2D eigenvalue weighted by Gasteiger charge is -2.36. The summed E-state index contributed by atoms with van der Waals surface area (Å²) < 4.78 is 28.8. The van der Waals surface area contributed by atoms with Crippen LogP contribution >= 0.6 is 11.3 Å². The summed E-state index contributed by atoms with van der Waals surface area (Å²) in [5.41, 5.74) is 4.69. The number of rotatable bonds is 8. The first kappa shape index (κ1) is 28.5. The number of aryl methyl sites for hydroxylation is 1. The number of fused-ring (bicyclic) bond motifs is 3. The summed E-state index contributed by atoms with van der Waals surface area (Å²) in [4.78, 5) is 22.2. The van der Waals surface area contributed by atoms with E-state index in [1.165, 1.54) is 18.2 Å². The number of ether oxygens (including phenoxy) is 2. The molecule has 5 heterocycles. The van der Waals surface area contributed by atoms with Gasteiger partial charge >= 0.3 is 0 Å². The zero-order valence-corrected chi connectivity index (χ0v) is 25.6. The molecule has 10 heteroatoms. The molecule has 2 unspecified atom stereocenters. The summed E-state index contributed by atoms with van der Waals surface area (Å²) in [5.74, 6) is 1.69. The Morgan fingerprint density at radius 1 is 1.14 bits per heavy atom. The van der Waals surface area contributed by atoms with Crippen molar-refractivity contribution in [3.8, 4) is 28.1 Å². The maximum Gasteiger partial charge on any atom is 0.245 e. The van der Waals surface area contributed by atoms with Crippen molar-refractivity contribution < 1.29 is 18.7 Å². The summed E-state index contributed by atoms with van der Waals surface area (Å²) in [6.45, 7) is 7.42. The molecule has 2 aliphatic rings. The summed E-state index contributed by atoms with van der Waals surface area (Å²) in [6, 6.07) is 13.2. The average Bonchev–Trinajstić information content (AvgIpc) is 3.78. The van der Waals surface area contributed by atoms with Gasteiger partial charge in [0, 0.05) is 78.6 Å². The van der Waals surface area contributed by atoms with E-state index in [0.29, 0.717) is 37.3 Å². The third-order valence-corrected chi connectivity index (χ3v) is 9.89. The molecule has 2 saturated heterocycles. The number of methoxy groups -OCH3 is 1. The van der Waals surface area contributed by atoms with Crippen molar-refractivity contribution in [1.82, 2.24) is 19.7 Å². The van der Waals surface area contributed by atoms with Crippen LogP contribution in [-0.2, 0) is 16.6 Å². The van der Waals surface area contributed by atoms with E-state index >= 15 is 0 Å². The van der Waals surface area contributed by atoms with Gasteiger partial charge in [0.15, 0.2) is 0 Å². The number of amides is 1. The molecule has 44 heavy (non-hydrogen) atoms. The molecule has 0 aliphatic carbocycles. The van der Waals surface area contributed by atoms with Gasteiger partial charge in [-0.1, -0.05) is 12.6 Å². The highest BCUT2D eigenvalue weighted by Crippen LogP contribution is 2.47. The molecule has 5 aromatic rings. The van der Waals surface area contributed by atoms with Crippen molar-refractivity contribution >= 4 is 44.1 Å². The van der Waals surface area contributed by atoms with E-state index in [1.807, 2.05) is 22.8 Å². The Morgan fingerprint density at radius 3 is 2.84 bits per heavy atom. The number of likely N-dealkylation sites (tertiary alicyclic amines) is 1. The van der Waals surface area contributed by atoms with Crippen LogP contribution in [-0.4, -0.2) is 72.1 Å². The van der Waals surface area contributed by atoms with E-state index in [4.69, 9.17) is 14.5 Å². The minimum atomic E-state index is -0.363. The van der Waals surface area contributed by atoms with Gasteiger partial charge in [0.05, 0.1) is 24.0 Å². The van der Waals surface area contributed by atoms with Gasteiger partial charge in [-0.25, -0.2) is 9.37 Å². The van der Waals surface area contributed by atoms with Crippen LogP contribution in [0.3, 0.4) is 0 Å². The second kappa shape index (κ2) is 11.7. The smallest absolute Gasteiger partial charge is 0.245 e. The average molecular weight is 612 g/mol. The number of carbonyl (C=O) groups excluding carboxylic acids is 1. The van der Waals surface area contributed by atoms with E-state index in [2.05, 4.69) is 46.2 Å². The number of thiophene rings is 1. The molecule has 7 rings (SSSR count). The molecular formula is C34H34FN5O3S. The third kappa shape index (κ3) is 5.01. The quantitative estimate of drug-likeness (QED) is 0.155. The maximum absolute atomic E-state index is 14.6. The maximum atomic E-state index is 14.6. The molecule has 0 spiro atoms. The number of hydrogen-bond donors (Lipinski definition) is 0. The first-order valence-corrected chi connectivity index (χ1v) is 15.7. The van der Waals surface area contributed by atoms with Crippen molar-refractivity contribution in [2.75, 3.05) is 51.4 Å². The van der Waals surface area contributed by atoms with Crippen molar-refractivity contribution in [3.63, 3.8) is 0 Å². The van der Waals surface area contributed by atoms with Crippen LogP contribution < -0.4 is 9.64 Å². The van der Waals surface area contributed by atoms with Crippen molar-refractivity contribution in [2.45, 2.75) is 6.42 Å². The Labute approximate surface area is 259 Å². The van der Waals surface area contributed by atoms with Gasteiger partial charge in [-0.15, -0.1) is 11.3 Å². The van der Waals surface area contributed by atoms with Crippen LogP contribution in [0.5, 0.6) is 5.75 Å². The van der Waals surface area contributed by atoms with E-state index in [0.717, 1.165) is 75.2 Å². The van der Waals surface area contributed by atoms with Crippen LogP contribution in [0.4, 0.5) is 10.2 Å². The number of piperidine rings is 1. The van der Waals surface area contributed by atoms with Crippen LogP contribution in [0.2, 0.25) is 0 Å². The van der Waals surface area contributed by atoms with Crippen molar-refractivity contribution in [1.29, 1.82) is 0 Å². The molecule has 0 N–H and O–H groups in total. The lowest BCUT2D eigenvalue weighted by molar-refractivity contribution is -0.125. The standard InChI is InChI=1S/C34H34FN5O3S/c1-4-30(41)40-18-22-9-11-39(19-24(22)20-40)34-31(26-7-6-25(35)16-29(26)43-13-12-42-3)33-27(10-14-44-33)32(37-34)21-5-8-28-23(15-21)17-36-38(28)2/h4-8,10,14-17,22,24H,1,9,11-13,18-20H2,2-3H3. The van der Waals surface area contributed by atoms with Gasteiger partial charge in [-0.3, -0.25) is 9.48 Å². The van der Waals surface area contributed by atoms with Gasteiger partial charge in [0.2, 0.25) is 5.91 Å². The number of pyridine rings is 1. The SMILES string of the molecule is C=CC(=O)N1CC2CCN(c3nc(-c4ccc5c(cnn5C)c4)c4ccsc4c3-c3ccc(F)cc3OCCOC)CC2C1. The van der Waals surface area contributed by atoms with E-state index < -0.39 is 0 Å². The highest BCUT2D eigenvalue weighted by molar-refractivity contribution is 7.18. The van der Waals surface area contributed by atoms with Crippen LogP contribution in [0.1, 0.15) is 6.42 Å². The van der Waals surface area contributed by atoms with Gasteiger partial charge in [0.25, 0.3) is 0 Å². The van der Waals surface area contributed by atoms with Crippen LogP contribution in [0, 0.1) is 17.7 Å². The van der Waals surface area contributed by atoms with Crippen molar-refractivity contribution in [2.24, 2.45) is 18.9 Å². The predicted molar refractivity (Wildman–Crippen MR) is 173 cm³/mol. The predicted octanol–water partition coefficient (Wildman–Crippen LogP) is 6.15. The molecule has 1 amide bonds. The van der Waals surface area contributed by atoms with Gasteiger partial charge < -0.3 is 19.3 Å². The number of benzene rings is 2. The molecule has 2 fully saturated rings. The fourth-order valence-electron chi connectivity index (χ4n) is 6.74. The summed E-state index contributed by atoms with van der Waals surface area (Å²) in [7, 11) is 3.56. The zero-order chi connectivity index (χ0) is 30.4. The molecule has 0 radical (unpaired) electrons. The summed E-state index contributed by atoms with van der Waals surface area (Å²) in [5, 5.41) is 8.60. The van der Waals surface area contributed by atoms with Gasteiger partial charge in [0.1, 0.15) is 24.0 Å². The molecule has 8 nitrogen and oxygen atoms in total. The first-order chi connectivity index (χ1) is 21.4. The Morgan fingerprint density at radius 2 is 2.00 bits per heavy atom. The molecule has 2 aliphatic heterocycles. The number of hydrogen-bond acceptors (Lipinski definition) is 7. The Bertz CT molecular complexity index is 1880. The first-order valence-electron chi connectivity index (χ1n) is 14.9. The number of carbonyl (C=O) groups is 1. The van der Waals surface area contributed by atoms with E-state index in [-0.39, 0.29) is 11.7 Å². The number of halogens is 1. The Balaban J connectivity index is 1.39. The highest BCUT2D eigenvalue weighted by atomic mass is 32.1. The lowest BCUT2D eigenvalue weighted by Crippen LogP contribution is -2.40. The van der Waals surface area contributed by atoms with Gasteiger partial charge in [-0.2, -0.15) is 5.10 Å². The second-order valence-corrected chi connectivity index (χ2v) is 12.5. The zero-order valence-electron chi connectivity index (χ0n) is 24.8. The van der Waals surface area contributed by atoms with E-state index in [9.17, 15) is 9.18 Å². The molecule has 2 aromatic carbocycles. The Hall–Kier alpha value is -4.28. The summed E-state index contributed by atoms with van der Waals surface area (Å²) >= 11 is 1.65. The van der Waals surface area contributed by atoms with E-state index in [1.54, 1.807) is 24.5 Å². The molecule has 0 bridgehead atoms.